The zero-order chi connectivity index (χ0) is 15.1. The smallest absolute Gasteiger partial charge is 0.999 e. The molecule has 0 spiro atoms. The molecule has 0 saturated carbocycles. The maximum absolute atomic E-state index is 7.75. The Kier molecular flexibility index (Phi) is 119. The first kappa shape index (κ1) is 36.3. The second-order valence-corrected chi connectivity index (χ2v) is 1.65. The summed E-state index contributed by atoms with van der Waals surface area (Å²) in [5.41, 5.74) is 0. The fraction of sp³-hybridized carbons (Fsp3) is 0. The molecule has 0 fully saturated rings. The molecule has 0 saturated heterocycles. The normalized spacial score (nSPS) is 4.60. The van der Waals surface area contributed by atoms with E-state index in [4.69, 9.17) is 18.9 Å². The van der Waals surface area contributed by atoms with Crippen molar-refractivity contribution in [2.75, 3.05) is 0 Å². The van der Waals surface area contributed by atoms with E-state index in [1.54, 1.807) is 6.07 Å². The fourth-order valence-corrected chi connectivity index (χ4v) is 0.501. The van der Waals surface area contributed by atoms with Gasteiger partial charge in [-0.25, -0.2) is 12.1 Å². The van der Waals surface area contributed by atoms with E-state index in [1.165, 1.54) is 0 Å². The monoisotopic (exact) mass is 352 g/mol. The van der Waals surface area contributed by atoms with Crippen LogP contribution in [0.2, 0.25) is 0 Å². The summed E-state index contributed by atoms with van der Waals surface area (Å²) in [5, 5.41) is 0. The molecule has 0 unspecified atom stereocenters. The molecule has 0 aromatic heterocycles. The van der Waals surface area contributed by atoms with E-state index >= 15 is 0 Å². The quantitative estimate of drug-likeness (QED) is 0.311. The van der Waals surface area contributed by atoms with Crippen LogP contribution in [0, 0.1) is 37.6 Å². The van der Waals surface area contributed by atoms with Crippen LogP contribution in [0.1, 0.15) is 0 Å². The summed E-state index contributed by atoms with van der Waals surface area (Å²) in [5.74, 6) is 0. The van der Waals surface area contributed by atoms with Crippen molar-refractivity contribution in [3.05, 3.63) is 74.0 Å². The van der Waals surface area contributed by atoms with E-state index in [1.807, 2.05) is 30.3 Å². The molecule has 106 valence electrons. The predicted octanol–water partition coefficient (Wildman–Crippen LogP) is 1.38. The second kappa shape index (κ2) is 65.7. The van der Waals surface area contributed by atoms with Crippen LogP contribution >= 0.6 is 0 Å². The zero-order valence-corrected chi connectivity index (χ0v) is 12.2. The molecule has 0 aliphatic heterocycles. The van der Waals surface area contributed by atoms with Crippen molar-refractivity contribution in [2.24, 2.45) is 0 Å². The van der Waals surface area contributed by atoms with Crippen molar-refractivity contribution in [2.45, 2.75) is 0 Å². The van der Waals surface area contributed by atoms with Gasteiger partial charge in [0.15, 0.2) is 0 Å². The van der Waals surface area contributed by atoms with Crippen LogP contribution in [0.15, 0.2) is 36.4 Å². The molecule has 0 radical (unpaired) electrons. The SMILES string of the molecule is [C-]#[O+].[C-]#[O+].[CH-]=O.[CH-]=O.[Fe+6].[Fe].[c-]1[c-][c-][cH-][c-]1.c1cc[cH-]c1. The molecule has 0 heterocycles. The molecule has 2 aromatic rings. The Morgan fingerprint density at radius 3 is 1.25 bits per heavy atom. The standard InChI is InChI=1S/C5H5.C5H.2CHO.2CO.2Fe/c2*1-2-4-5-3-1;4*1-2;;/h1-5H;1H;2*1H;;;;/q-1;-5;2*-1;;;;+6. The predicted molar refractivity (Wildman–Crippen MR) is 60.8 cm³/mol. The summed E-state index contributed by atoms with van der Waals surface area (Å²) in [6.45, 7) is 15.5. The first-order valence-corrected chi connectivity index (χ1v) is 3.87. The average Bonchev–Trinajstić information content (AvgIpc) is 3.25. The van der Waals surface area contributed by atoms with Gasteiger partial charge in [0.25, 0.3) is 0 Å². The van der Waals surface area contributed by atoms with Gasteiger partial charge >= 0.3 is 39.7 Å². The van der Waals surface area contributed by atoms with E-state index < -0.39 is 0 Å². The molecular formula is C14H8Fe2O4-2. The second-order valence-electron chi connectivity index (χ2n) is 1.65. The summed E-state index contributed by atoms with van der Waals surface area (Å²) in [6, 6.07) is 22.0. The molecule has 0 aliphatic rings. The summed E-state index contributed by atoms with van der Waals surface area (Å²) < 4.78 is 15.0. The van der Waals surface area contributed by atoms with Crippen LogP contribution in [0.3, 0.4) is 0 Å². The minimum Gasteiger partial charge on any atom is -0.999 e. The first-order valence-electron chi connectivity index (χ1n) is 3.87. The molecule has 6 heteroatoms. The van der Waals surface area contributed by atoms with Crippen LogP contribution in [0.25, 0.3) is 0 Å². The fourth-order valence-electron chi connectivity index (χ4n) is 0.501. The Labute approximate surface area is 140 Å². The van der Waals surface area contributed by atoms with Gasteiger partial charge < -0.3 is 39.9 Å². The average molecular weight is 352 g/mol. The van der Waals surface area contributed by atoms with Crippen LogP contribution < -0.4 is 0 Å². The number of rotatable bonds is 0. The summed E-state index contributed by atoms with van der Waals surface area (Å²) in [4.78, 5) is 15.5. The molecule has 4 nitrogen and oxygen atoms in total. The van der Waals surface area contributed by atoms with Gasteiger partial charge in [-0.3, -0.25) is 13.6 Å². The Balaban J connectivity index is -0.0000000311. The van der Waals surface area contributed by atoms with Crippen molar-refractivity contribution >= 4 is 13.6 Å². The number of hydrogen-bond donors (Lipinski definition) is 0. The van der Waals surface area contributed by atoms with Gasteiger partial charge in [-0.15, -0.1) is 0 Å². The van der Waals surface area contributed by atoms with Gasteiger partial charge in [0, 0.05) is 17.1 Å². The van der Waals surface area contributed by atoms with Crippen molar-refractivity contribution in [1.82, 2.24) is 0 Å². The van der Waals surface area contributed by atoms with Gasteiger partial charge in [0.2, 0.25) is 0 Å². The molecule has 20 heavy (non-hydrogen) atoms. The van der Waals surface area contributed by atoms with Crippen molar-refractivity contribution in [3.63, 3.8) is 0 Å². The third kappa shape index (κ3) is 54.7. The van der Waals surface area contributed by atoms with Gasteiger partial charge in [-0.1, -0.05) is 0 Å². The molecule has 0 N–H and O–H groups in total. The maximum Gasteiger partial charge on any atom is 6.00 e. The molecule has 0 aliphatic carbocycles. The Morgan fingerprint density at radius 1 is 0.850 bits per heavy atom. The summed E-state index contributed by atoms with van der Waals surface area (Å²) in [7, 11) is 0. The van der Waals surface area contributed by atoms with Crippen molar-refractivity contribution in [3.8, 4) is 0 Å². The third-order valence-corrected chi connectivity index (χ3v) is 0.907. The maximum atomic E-state index is 7.75. The Hall–Kier alpha value is -1.44. The minimum absolute atomic E-state index is 0. The number of hydrogen-bond acceptors (Lipinski definition) is 2. The Bertz CT molecular complexity index is 247. The molecule has 2 rings (SSSR count). The van der Waals surface area contributed by atoms with Gasteiger partial charge in [-0.05, 0) is 0 Å². The first-order chi connectivity index (χ1) is 9.00. The van der Waals surface area contributed by atoms with Gasteiger partial charge in [0.1, 0.15) is 0 Å². The van der Waals surface area contributed by atoms with E-state index in [0.29, 0.717) is 0 Å². The van der Waals surface area contributed by atoms with Gasteiger partial charge in [0.05, 0.1) is 0 Å². The third-order valence-electron chi connectivity index (χ3n) is 0.907. The Morgan fingerprint density at radius 2 is 1.15 bits per heavy atom. The van der Waals surface area contributed by atoms with E-state index in [-0.39, 0.29) is 34.1 Å². The topological polar surface area (TPSA) is 73.9 Å². The minimum atomic E-state index is 0. The van der Waals surface area contributed by atoms with Crippen LogP contribution in [-0.2, 0) is 53.0 Å². The molecule has 2 aromatic carbocycles. The summed E-state index contributed by atoms with van der Waals surface area (Å²) >= 11 is 0. The molecule has 0 atom stereocenters. The number of carbonyl (C=O) groups excluding carboxylic acids is 2. The van der Waals surface area contributed by atoms with Crippen LogP contribution in [-0.4, -0.2) is 13.6 Å². The van der Waals surface area contributed by atoms with Crippen LogP contribution in [0.5, 0.6) is 0 Å². The summed E-state index contributed by atoms with van der Waals surface area (Å²) in [6.07, 6.45) is 0. The van der Waals surface area contributed by atoms with E-state index in [2.05, 4.69) is 51.1 Å². The molecular weight excluding hydrogens is 344 g/mol. The van der Waals surface area contributed by atoms with Gasteiger partial charge in [-0.2, -0.15) is 18.2 Å². The van der Waals surface area contributed by atoms with Crippen molar-refractivity contribution < 1.29 is 53.0 Å². The van der Waals surface area contributed by atoms with E-state index in [0.717, 1.165) is 0 Å². The zero-order valence-electron chi connectivity index (χ0n) is 9.96. The van der Waals surface area contributed by atoms with Crippen LogP contribution in [0.4, 0.5) is 0 Å². The molecule has 0 bridgehead atoms. The van der Waals surface area contributed by atoms with E-state index in [9.17, 15) is 0 Å². The van der Waals surface area contributed by atoms with Crippen molar-refractivity contribution in [1.29, 1.82) is 0 Å². The largest absolute Gasteiger partial charge is 6.00 e. The molecule has 0 amide bonds.